The third-order valence-electron chi connectivity index (χ3n) is 3.82. The number of nitrogens with zero attached hydrogens (tertiary/aromatic N) is 3. The first-order valence-corrected chi connectivity index (χ1v) is 8.41. The average molecular weight is 387 g/mol. The maximum atomic E-state index is 12.7. The van der Waals surface area contributed by atoms with Crippen molar-refractivity contribution >= 4 is 12.0 Å². The van der Waals surface area contributed by atoms with Crippen LogP contribution >= 0.6 is 0 Å². The molecular weight excluding hydrogens is 371 g/mol. The van der Waals surface area contributed by atoms with Crippen LogP contribution in [-0.2, 0) is 15.7 Å². The summed E-state index contributed by atoms with van der Waals surface area (Å²) in [5.74, 6) is 0.0179. The quantitative estimate of drug-likeness (QED) is 0.477. The van der Waals surface area contributed by atoms with Crippen LogP contribution in [0.1, 0.15) is 18.1 Å². The van der Waals surface area contributed by atoms with Gasteiger partial charge in [-0.2, -0.15) is 13.2 Å². The summed E-state index contributed by atoms with van der Waals surface area (Å²) in [5, 5.41) is 4.30. The first kappa shape index (κ1) is 19.3. The number of carbonyl (C=O) groups is 1. The Bertz CT molecular complexity index is 975. The molecule has 2 aromatic carbocycles. The van der Waals surface area contributed by atoms with Crippen LogP contribution in [0.3, 0.4) is 0 Å². The number of hydrogen-bond acceptors (Lipinski definition) is 4. The molecule has 0 atom stereocenters. The van der Waals surface area contributed by atoms with E-state index in [1.807, 2.05) is 0 Å². The van der Waals surface area contributed by atoms with Gasteiger partial charge in [0.25, 0.3) is 0 Å². The molecule has 0 bridgehead atoms. The van der Waals surface area contributed by atoms with Gasteiger partial charge in [0.2, 0.25) is 0 Å². The van der Waals surface area contributed by atoms with Gasteiger partial charge in [-0.25, -0.2) is 14.5 Å². The SMILES string of the molecule is CCOC(=O)C=Cc1ccc(-c2ncn(-c3ccc(C(F)(F)F)cc3)n2)cc1. The minimum atomic E-state index is -4.38. The molecule has 3 rings (SSSR count). The lowest BCUT2D eigenvalue weighted by Crippen LogP contribution is -2.05. The van der Waals surface area contributed by atoms with Crippen molar-refractivity contribution in [1.82, 2.24) is 14.8 Å². The molecule has 0 fully saturated rings. The maximum Gasteiger partial charge on any atom is 0.416 e. The zero-order chi connectivity index (χ0) is 20.1. The molecule has 0 saturated carbocycles. The Morgan fingerprint density at radius 3 is 2.39 bits per heavy atom. The van der Waals surface area contributed by atoms with Crippen molar-refractivity contribution in [3.8, 4) is 17.1 Å². The molecule has 0 amide bonds. The van der Waals surface area contributed by atoms with E-state index in [1.54, 1.807) is 37.3 Å². The first-order valence-electron chi connectivity index (χ1n) is 8.41. The Balaban J connectivity index is 1.74. The van der Waals surface area contributed by atoms with Crippen molar-refractivity contribution in [2.75, 3.05) is 6.61 Å². The molecule has 28 heavy (non-hydrogen) atoms. The highest BCUT2D eigenvalue weighted by atomic mass is 19.4. The fraction of sp³-hybridized carbons (Fsp3) is 0.150. The second-order valence-corrected chi connectivity index (χ2v) is 5.76. The summed E-state index contributed by atoms with van der Waals surface area (Å²) in [7, 11) is 0. The molecular formula is C20H16F3N3O2. The zero-order valence-electron chi connectivity index (χ0n) is 14.8. The van der Waals surface area contributed by atoms with E-state index >= 15 is 0 Å². The van der Waals surface area contributed by atoms with Gasteiger partial charge in [0, 0.05) is 11.6 Å². The Hall–Kier alpha value is -3.42. The lowest BCUT2D eigenvalue weighted by Gasteiger charge is -2.07. The molecule has 0 aliphatic rings. The van der Waals surface area contributed by atoms with Gasteiger partial charge < -0.3 is 4.74 Å². The van der Waals surface area contributed by atoms with Gasteiger partial charge in [0.05, 0.1) is 17.9 Å². The van der Waals surface area contributed by atoms with Crippen LogP contribution in [0.25, 0.3) is 23.2 Å². The predicted molar refractivity (Wildman–Crippen MR) is 97.5 cm³/mol. The third kappa shape index (κ3) is 4.64. The summed E-state index contributed by atoms with van der Waals surface area (Å²) in [6.07, 6.45) is 0.0358. The molecule has 5 nitrogen and oxygen atoms in total. The van der Waals surface area contributed by atoms with E-state index in [1.165, 1.54) is 29.2 Å². The molecule has 0 saturated heterocycles. The fourth-order valence-electron chi connectivity index (χ4n) is 2.42. The lowest BCUT2D eigenvalue weighted by atomic mass is 10.1. The molecule has 0 spiro atoms. The molecule has 0 aliphatic carbocycles. The van der Waals surface area contributed by atoms with Crippen molar-refractivity contribution < 1.29 is 22.7 Å². The monoisotopic (exact) mass is 387 g/mol. The number of hydrogen-bond donors (Lipinski definition) is 0. The van der Waals surface area contributed by atoms with Gasteiger partial charge in [-0.1, -0.05) is 24.3 Å². The number of esters is 1. The van der Waals surface area contributed by atoms with Crippen LogP contribution in [0.5, 0.6) is 0 Å². The summed E-state index contributed by atoms with van der Waals surface area (Å²) in [6, 6.07) is 11.8. The Morgan fingerprint density at radius 2 is 1.79 bits per heavy atom. The minimum Gasteiger partial charge on any atom is -0.463 e. The van der Waals surface area contributed by atoms with Crippen molar-refractivity contribution in [2.45, 2.75) is 13.1 Å². The van der Waals surface area contributed by atoms with Crippen LogP contribution < -0.4 is 0 Å². The van der Waals surface area contributed by atoms with E-state index in [9.17, 15) is 18.0 Å². The Labute approximate surface area is 159 Å². The summed E-state index contributed by atoms with van der Waals surface area (Å²) in [6.45, 7) is 2.05. The molecule has 0 radical (unpaired) electrons. The van der Waals surface area contributed by atoms with Crippen LogP contribution in [0, 0.1) is 0 Å². The number of halogens is 3. The van der Waals surface area contributed by atoms with Crippen molar-refractivity contribution in [3.63, 3.8) is 0 Å². The largest absolute Gasteiger partial charge is 0.463 e. The first-order chi connectivity index (χ1) is 13.4. The number of rotatable bonds is 5. The van der Waals surface area contributed by atoms with Crippen molar-refractivity contribution in [2.24, 2.45) is 0 Å². The normalized spacial score (nSPS) is 11.7. The van der Waals surface area contributed by atoms with Gasteiger partial charge in [-0.05, 0) is 42.8 Å². The van der Waals surface area contributed by atoms with Crippen molar-refractivity contribution in [3.05, 3.63) is 72.1 Å². The summed E-state index contributed by atoms with van der Waals surface area (Å²) >= 11 is 0. The number of alkyl halides is 3. The number of carbonyl (C=O) groups excluding carboxylic acids is 1. The molecule has 1 aromatic heterocycles. The zero-order valence-corrected chi connectivity index (χ0v) is 14.8. The second-order valence-electron chi connectivity index (χ2n) is 5.76. The van der Waals surface area contributed by atoms with Gasteiger partial charge in [0.15, 0.2) is 5.82 Å². The molecule has 0 N–H and O–H groups in total. The molecule has 0 aliphatic heterocycles. The van der Waals surface area contributed by atoms with E-state index in [-0.39, 0.29) is 0 Å². The van der Waals surface area contributed by atoms with E-state index in [2.05, 4.69) is 10.1 Å². The standard InChI is InChI=1S/C20H16F3N3O2/c1-2-28-18(27)12-5-14-3-6-15(7-4-14)19-24-13-26(25-19)17-10-8-16(9-11-17)20(21,22)23/h3-13H,2H2,1H3. The third-order valence-corrected chi connectivity index (χ3v) is 3.82. The average Bonchev–Trinajstić information content (AvgIpc) is 3.17. The molecule has 3 aromatic rings. The maximum absolute atomic E-state index is 12.7. The fourth-order valence-corrected chi connectivity index (χ4v) is 2.42. The molecule has 8 heteroatoms. The smallest absolute Gasteiger partial charge is 0.416 e. The van der Waals surface area contributed by atoms with Crippen molar-refractivity contribution in [1.29, 1.82) is 0 Å². The van der Waals surface area contributed by atoms with Gasteiger partial charge in [-0.3, -0.25) is 0 Å². The summed E-state index contributed by atoms with van der Waals surface area (Å²) in [4.78, 5) is 15.5. The van der Waals surface area contributed by atoms with E-state index in [0.29, 0.717) is 18.1 Å². The summed E-state index contributed by atoms with van der Waals surface area (Å²) < 4.78 is 44.2. The van der Waals surface area contributed by atoms with Crippen LogP contribution in [0.2, 0.25) is 0 Å². The highest BCUT2D eigenvalue weighted by Gasteiger charge is 2.30. The molecule has 0 unspecified atom stereocenters. The highest BCUT2D eigenvalue weighted by molar-refractivity contribution is 5.87. The van der Waals surface area contributed by atoms with Crippen LogP contribution in [-0.4, -0.2) is 27.3 Å². The van der Waals surface area contributed by atoms with Gasteiger partial charge in [-0.15, -0.1) is 5.10 Å². The van der Waals surface area contributed by atoms with E-state index < -0.39 is 17.7 Å². The second kappa shape index (κ2) is 8.08. The van der Waals surface area contributed by atoms with Gasteiger partial charge >= 0.3 is 12.1 Å². The Kier molecular flexibility index (Phi) is 5.58. The highest BCUT2D eigenvalue weighted by Crippen LogP contribution is 2.29. The molecule has 144 valence electrons. The van der Waals surface area contributed by atoms with E-state index in [4.69, 9.17) is 4.74 Å². The topological polar surface area (TPSA) is 57.0 Å². The van der Waals surface area contributed by atoms with Crippen LogP contribution in [0.4, 0.5) is 13.2 Å². The predicted octanol–water partition coefficient (Wildman–Crippen LogP) is 4.53. The van der Waals surface area contributed by atoms with E-state index in [0.717, 1.165) is 23.3 Å². The Morgan fingerprint density at radius 1 is 1.11 bits per heavy atom. The number of aromatic nitrogens is 3. The number of benzene rings is 2. The minimum absolute atomic E-state index is 0.315. The van der Waals surface area contributed by atoms with Crippen LogP contribution in [0.15, 0.2) is 60.9 Å². The summed E-state index contributed by atoms with van der Waals surface area (Å²) in [5.41, 5.74) is 1.29. The van der Waals surface area contributed by atoms with Gasteiger partial charge in [0.1, 0.15) is 6.33 Å². The number of ether oxygens (including phenoxy) is 1. The molecule has 1 heterocycles. The lowest BCUT2D eigenvalue weighted by molar-refractivity contribution is -0.138.